The van der Waals surface area contributed by atoms with Crippen molar-refractivity contribution in [3.8, 4) is 28.1 Å². The molecule has 0 aliphatic carbocycles. The third-order valence-corrected chi connectivity index (χ3v) is 4.83. The van der Waals surface area contributed by atoms with Gasteiger partial charge in [0.15, 0.2) is 6.20 Å². The maximum atomic E-state index is 2.29. The molecule has 0 N–H and O–H groups in total. The molecule has 1 nitrogen and oxygen atoms in total. The van der Waals surface area contributed by atoms with Gasteiger partial charge in [0.25, 0.3) is 0 Å². The number of hydrogen-bond acceptors (Lipinski definition) is 0. The van der Waals surface area contributed by atoms with Crippen LogP contribution in [0.15, 0.2) is 97.2 Å². The topological polar surface area (TPSA) is 3.88 Å². The molecule has 0 amide bonds. The molecule has 3 aromatic carbocycles. The summed E-state index contributed by atoms with van der Waals surface area (Å²) in [6.45, 7) is 4.34. The Morgan fingerprint density at radius 2 is 1.15 bits per heavy atom. The number of aryl methyl sites for hydroxylation is 1. The second-order valence-corrected chi connectivity index (χ2v) is 6.64. The van der Waals surface area contributed by atoms with Gasteiger partial charge in [-0.3, -0.25) is 0 Å². The quantitative estimate of drug-likeness (QED) is 0.409. The van der Waals surface area contributed by atoms with Gasteiger partial charge in [-0.05, 0) is 37.1 Å². The van der Waals surface area contributed by atoms with E-state index in [1.165, 1.54) is 39.2 Å². The number of hydrogen-bond donors (Lipinski definition) is 0. The highest BCUT2D eigenvalue weighted by Gasteiger charge is 2.21. The van der Waals surface area contributed by atoms with Gasteiger partial charge in [-0.1, -0.05) is 66.2 Å². The second-order valence-electron chi connectivity index (χ2n) is 6.64. The zero-order valence-corrected chi connectivity index (χ0v) is 15.2. The van der Waals surface area contributed by atoms with E-state index in [-0.39, 0.29) is 0 Å². The minimum atomic E-state index is 1.18. The molecule has 0 unspecified atom stereocenters. The Labute approximate surface area is 155 Å². The monoisotopic (exact) mass is 336 g/mol. The van der Waals surface area contributed by atoms with Gasteiger partial charge in [0.2, 0.25) is 11.4 Å². The zero-order chi connectivity index (χ0) is 17.9. The fourth-order valence-electron chi connectivity index (χ4n) is 3.46. The van der Waals surface area contributed by atoms with Crippen LogP contribution in [0.4, 0.5) is 0 Å². The lowest BCUT2D eigenvalue weighted by Crippen LogP contribution is -2.34. The van der Waals surface area contributed by atoms with Crippen molar-refractivity contribution in [3.05, 3.63) is 108 Å². The highest BCUT2D eigenvalue weighted by Crippen LogP contribution is 2.29. The molecule has 4 aromatic rings. The average molecular weight is 336 g/mol. The summed E-state index contributed by atoms with van der Waals surface area (Å²) in [6.07, 6.45) is 2.18. The Morgan fingerprint density at radius 1 is 0.577 bits per heavy atom. The van der Waals surface area contributed by atoms with E-state index in [1.54, 1.807) is 0 Å². The van der Waals surface area contributed by atoms with Crippen LogP contribution in [-0.2, 0) is 0 Å². The summed E-state index contributed by atoms with van der Waals surface area (Å²) >= 11 is 0. The van der Waals surface area contributed by atoms with Gasteiger partial charge < -0.3 is 0 Å². The van der Waals surface area contributed by atoms with Crippen molar-refractivity contribution in [1.29, 1.82) is 0 Å². The maximum Gasteiger partial charge on any atom is 0.221 e. The molecule has 0 aliphatic rings. The lowest BCUT2D eigenvalue weighted by molar-refractivity contribution is -0.584. The lowest BCUT2D eigenvalue weighted by atomic mass is 9.96. The number of rotatable bonds is 3. The van der Waals surface area contributed by atoms with E-state index in [4.69, 9.17) is 0 Å². The molecule has 26 heavy (non-hydrogen) atoms. The molecule has 1 heterocycles. The first-order valence-corrected chi connectivity index (χ1v) is 8.97. The standard InChI is InChI=1S/C25H22N/c1-19-13-15-23(16-14-19)26-18-17-24(21-9-5-3-6-10-21)20(2)25(26)22-11-7-4-8-12-22/h3-18H,1-2H3/q+1. The summed E-state index contributed by atoms with van der Waals surface area (Å²) in [5.41, 5.74) is 8.71. The number of pyridine rings is 1. The van der Waals surface area contributed by atoms with E-state index in [1.807, 2.05) is 0 Å². The van der Waals surface area contributed by atoms with Crippen molar-refractivity contribution in [2.24, 2.45) is 0 Å². The van der Waals surface area contributed by atoms with Gasteiger partial charge in [0.05, 0.1) is 0 Å². The molecular formula is C25H22N+. The molecule has 126 valence electrons. The molecule has 1 aromatic heterocycles. The normalized spacial score (nSPS) is 10.7. The molecule has 0 spiro atoms. The summed E-state index contributed by atoms with van der Waals surface area (Å²) in [4.78, 5) is 0. The summed E-state index contributed by atoms with van der Waals surface area (Å²) in [7, 11) is 0. The van der Waals surface area contributed by atoms with Gasteiger partial charge in [0.1, 0.15) is 0 Å². The summed E-state index contributed by atoms with van der Waals surface area (Å²) in [6, 6.07) is 32.1. The van der Waals surface area contributed by atoms with Gasteiger partial charge in [0, 0.05) is 29.3 Å². The first kappa shape index (κ1) is 16.3. The smallest absolute Gasteiger partial charge is 0.160 e. The van der Waals surface area contributed by atoms with Gasteiger partial charge >= 0.3 is 0 Å². The molecule has 0 saturated carbocycles. The zero-order valence-electron chi connectivity index (χ0n) is 15.2. The third-order valence-electron chi connectivity index (χ3n) is 4.83. The van der Waals surface area contributed by atoms with Crippen LogP contribution in [0.3, 0.4) is 0 Å². The van der Waals surface area contributed by atoms with E-state index in [9.17, 15) is 0 Å². The SMILES string of the molecule is Cc1ccc(-[n+]2ccc(-c3ccccc3)c(C)c2-c2ccccc2)cc1. The Morgan fingerprint density at radius 3 is 1.77 bits per heavy atom. The molecule has 0 saturated heterocycles. The van der Waals surface area contributed by atoms with Crippen molar-refractivity contribution < 1.29 is 4.57 Å². The molecule has 1 heteroatoms. The molecule has 0 radical (unpaired) electrons. The fraction of sp³-hybridized carbons (Fsp3) is 0.0800. The van der Waals surface area contributed by atoms with E-state index in [0.29, 0.717) is 0 Å². The number of nitrogens with zero attached hydrogens (tertiary/aromatic N) is 1. The van der Waals surface area contributed by atoms with Crippen LogP contribution < -0.4 is 4.57 Å². The van der Waals surface area contributed by atoms with Crippen LogP contribution in [0.1, 0.15) is 11.1 Å². The van der Waals surface area contributed by atoms with Crippen LogP contribution in [0, 0.1) is 13.8 Å². The third kappa shape index (κ3) is 3.04. The van der Waals surface area contributed by atoms with Crippen molar-refractivity contribution in [2.75, 3.05) is 0 Å². The van der Waals surface area contributed by atoms with Crippen LogP contribution in [0.25, 0.3) is 28.1 Å². The van der Waals surface area contributed by atoms with E-state index in [0.717, 1.165) is 0 Å². The van der Waals surface area contributed by atoms with Gasteiger partial charge in [-0.2, -0.15) is 4.57 Å². The summed E-state index contributed by atoms with van der Waals surface area (Å²) in [5, 5.41) is 0. The average Bonchev–Trinajstić information content (AvgIpc) is 2.70. The molecule has 0 atom stereocenters. The lowest BCUT2D eigenvalue weighted by Gasteiger charge is -2.12. The fourth-order valence-corrected chi connectivity index (χ4v) is 3.46. The minimum Gasteiger partial charge on any atom is -0.160 e. The summed E-state index contributed by atoms with van der Waals surface area (Å²) in [5.74, 6) is 0. The first-order chi connectivity index (χ1) is 12.7. The molecule has 0 fully saturated rings. The summed E-state index contributed by atoms with van der Waals surface area (Å²) < 4.78 is 2.29. The first-order valence-electron chi connectivity index (χ1n) is 8.97. The molecule has 0 aliphatic heterocycles. The number of aromatic nitrogens is 1. The predicted molar refractivity (Wildman–Crippen MR) is 108 cm³/mol. The Bertz CT molecular complexity index is 1020. The van der Waals surface area contributed by atoms with Crippen molar-refractivity contribution >= 4 is 0 Å². The van der Waals surface area contributed by atoms with Crippen LogP contribution >= 0.6 is 0 Å². The second kappa shape index (κ2) is 6.97. The Balaban J connectivity index is 1.98. The van der Waals surface area contributed by atoms with Crippen LogP contribution in [0.2, 0.25) is 0 Å². The number of benzene rings is 3. The van der Waals surface area contributed by atoms with E-state index in [2.05, 4.69) is 116 Å². The Kier molecular flexibility index (Phi) is 4.37. The highest BCUT2D eigenvalue weighted by atomic mass is 15.0. The van der Waals surface area contributed by atoms with Crippen molar-refractivity contribution in [1.82, 2.24) is 0 Å². The molecule has 4 rings (SSSR count). The molecular weight excluding hydrogens is 314 g/mol. The van der Waals surface area contributed by atoms with Crippen molar-refractivity contribution in [2.45, 2.75) is 13.8 Å². The van der Waals surface area contributed by atoms with Gasteiger partial charge in [-0.25, -0.2) is 0 Å². The predicted octanol–water partition coefficient (Wildman–Crippen LogP) is 5.91. The minimum absolute atomic E-state index is 1.18. The van der Waals surface area contributed by atoms with Crippen molar-refractivity contribution in [3.63, 3.8) is 0 Å². The van der Waals surface area contributed by atoms with Crippen LogP contribution in [-0.4, -0.2) is 0 Å². The highest BCUT2D eigenvalue weighted by molar-refractivity contribution is 5.74. The van der Waals surface area contributed by atoms with E-state index >= 15 is 0 Å². The Hall–Kier alpha value is -3.19. The van der Waals surface area contributed by atoms with Gasteiger partial charge in [-0.15, -0.1) is 0 Å². The van der Waals surface area contributed by atoms with Crippen LogP contribution in [0.5, 0.6) is 0 Å². The van der Waals surface area contributed by atoms with E-state index < -0.39 is 0 Å². The molecule has 0 bridgehead atoms. The largest absolute Gasteiger partial charge is 0.221 e. The maximum absolute atomic E-state index is 2.29.